The molecule has 0 aromatic rings. The van der Waals surface area contributed by atoms with E-state index in [1.807, 2.05) is 11.8 Å². The van der Waals surface area contributed by atoms with Crippen molar-refractivity contribution in [2.45, 2.75) is 83.3 Å². The molecule has 3 unspecified atom stereocenters. The van der Waals surface area contributed by atoms with Crippen LogP contribution in [-0.2, 0) is 9.59 Å². The molecule has 0 spiro atoms. The largest absolute Gasteiger partial charge is 0.343 e. The summed E-state index contributed by atoms with van der Waals surface area (Å²) in [5.41, 5.74) is -0.687. The van der Waals surface area contributed by atoms with E-state index in [-0.39, 0.29) is 23.9 Å². The number of piperidine rings is 1. The number of carbonyl (C=O) groups is 2. The molecule has 0 aromatic carbocycles. The zero-order chi connectivity index (χ0) is 18.4. The average molecular weight is 348 g/mol. The Labute approximate surface area is 151 Å². The molecule has 1 saturated carbocycles. The van der Waals surface area contributed by atoms with Crippen LogP contribution in [0.3, 0.4) is 0 Å². The summed E-state index contributed by atoms with van der Waals surface area (Å²) < 4.78 is 0. The maximum absolute atomic E-state index is 12.6. The van der Waals surface area contributed by atoms with Crippen LogP contribution < -0.4 is 10.6 Å². The summed E-state index contributed by atoms with van der Waals surface area (Å²) in [6.07, 6.45) is 6.46. The van der Waals surface area contributed by atoms with Crippen LogP contribution in [0.2, 0.25) is 0 Å². The minimum atomic E-state index is -0.687. The first-order valence-corrected chi connectivity index (χ1v) is 9.65. The van der Waals surface area contributed by atoms with Gasteiger partial charge in [0.15, 0.2) is 0 Å². The van der Waals surface area contributed by atoms with Gasteiger partial charge in [0.05, 0.1) is 12.1 Å². The van der Waals surface area contributed by atoms with Crippen molar-refractivity contribution in [3.63, 3.8) is 0 Å². The monoisotopic (exact) mass is 348 g/mol. The molecular formula is C19H32N4O2. The second-order valence-corrected chi connectivity index (χ2v) is 7.66. The molecule has 2 aliphatic rings. The van der Waals surface area contributed by atoms with Crippen LogP contribution in [0.15, 0.2) is 0 Å². The van der Waals surface area contributed by atoms with E-state index in [0.29, 0.717) is 5.92 Å². The average Bonchev–Trinajstić information content (AvgIpc) is 2.62. The van der Waals surface area contributed by atoms with Crippen molar-refractivity contribution < 1.29 is 9.59 Å². The first-order chi connectivity index (χ1) is 11.9. The van der Waals surface area contributed by atoms with Gasteiger partial charge < -0.3 is 15.5 Å². The van der Waals surface area contributed by atoms with Crippen LogP contribution >= 0.6 is 0 Å². The Morgan fingerprint density at radius 1 is 1.32 bits per heavy atom. The van der Waals surface area contributed by atoms with Crippen molar-refractivity contribution in [2.24, 2.45) is 5.92 Å². The van der Waals surface area contributed by atoms with Crippen molar-refractivity contribution in [1.29, 1.82) is 5.26 Å². The maximum atomic E-state index is 12.6. The minimum Gasteiger partial charge on any atom is -0.343 e. The highest BCUT2D eigenvalue weighted by atomic mass is 16.2. The van der Waals surface area contributed by atoms with Crippen molar-refractivity contribution in [3.05, 3.63) is 0 Å². The highest BCUT2D eigenvalue weighted by molar-refractivity contribution is 5.82. The molecule has 6 heteroatoms. The lowest BCUT2D eigenvalue weighted by Crippen LogP contribution is -2.58. The van der Waals surface area contributed by atoms with Gasteiger partial charge in [0, 0.05) is 26.1 Å². The van der Waals surface area contributed by atoms with Gasteiger partial charge in [-0.25, -0.2) is 0 Å². The molecule has 2 amide bonds. The lowest BCUT2D eigenvalue weighted by molar-refractivity contribution is -0.131. The minimum absolute atomic E-state index is 0.0905. The van der Waals surface area contributed by atoms with E-state index in [0.717, 1.165) is 58.0 Å². The SMILES string of the molecule is CCC1CN(C(C)=O)CCC1NC(C)C(=O)NC1(C#N)CCCCC1. The Bertz CT molecular complexity index is 522. The van der Waals surface area contributed by atoms with Crippen LogP contribution in [0.5, 0.6) is 0 Å². The second kappa shape index (κ2) is 8.66. The maximum Gasteiger partial charge on any atom is 0.238 e. The van der Waals surface area contributed by atoms with Gasteiger partial charge in [-0.2, -0.15) is 5.26 Å². The standard InChI is InChI=1S/C19H32N4O2/c1-4-16-12-23(15(3)24)11-8-17(16)21-14(2)18(25)22-19(13-20)9-6-5-7-10-19/h14,16-17,21H,4-12H2,1-3H3,(H,22,25). The Morgan fingerprint density at radius 2 is 2.00 bits per heavy atom. The second-order valence-electron chi connectivity index (χ2n) is 7.66. The summed E-state index contributed by atoms with van der Waals surface area (Å²) in [7, 11) is 0. The highest BCUT2D eigenvalue weighted by Gasteiger charge is 2.36. The Balaban J connectivity index is 1.92. The fraction of sp³-hybridized carbons (Fsp3) is 0.842. The molecule has 0 bridgehead atoms. The number of likely N-dealkylation sites (tertiary alicyclic amines) is 1. The van der Waals surface area contributed by atoms with Crippen molar-refractivity contribution in [1.82, 2.24) is 15.5 Å². The lowest BCUT2D eigenvalue weighted by atomic mass is 9.82. The third kappa shape index (κ3) is 4.94. The molecule has 2 fully saturated rings. The van der Waals surface area contributed by atoms with E-state index in [9.17, 15) is 14.9 Å². The smallest absolute Gasteiger partial charge is 0.238 e. The van der Waals surface area contributed by atoms with E-state index in [4.69, 9.17) is 0 Å². The van der Waals surface area contributed by atoms with Crippen molar-refractivity contribution in [3.8, 4) is 6.07 Å². The van der Waals surface area contributed by atoms with Gasteiger partial charge in [0.1, 0.15) is 5.54 Å². The summed E-state index contributed by atoms with van der Waals surface area (Å²) in [4.78, 5) is 26.1. The van der Waals surface area contributed by atoms with Gasteiger partial charge in [-0.05, 0) is 32.1 Å². The molecule has 0 aromatic heterocycles. The van der Waals surface area contributed by atoms with Gasteiger partial charge in [0.2, 0.25) is 11.8 Å². The predicted octanol–water partition coefficient (Wildman–Crippen LogP) is 1.95. The van der Waals surface area contributed by atoms with Gasteiger partial charge in [-0.1, -0.05) is 32.6 Å². The molecule has 3 atom stereocenters. The highest BCUT2D eigenvalue weighted by Crippen LogP contribution is 2.27. The van der Waals surface area contributed by atoms with Crippen LogP contribution in [0.1, 0.15) is 65.7 Å². The van der Waals surface area contributed by atoms with Crippen molar-refractivity contribution in [2.75, 3.05) is 13.1 Å². The first kappa shape index (κ1) is 19.7. The third-order valence-electron chi connectivity index (χ3n) is 5.84. The van der Waals surface area contributed by atoms with Crippen LogP contribution in [0, 0.1) is 17.2 Å². The number of hydrogen-bond donors (Lipinski definition) is 2. The van der Waals surface area contributed by atoms with Crippen molar-refractivity contribution >= 4 is 11.8 Å². The quantitative estimate of drug-likeness (QED) is 0.795. The van der Waals surface area contributed by atoms with Gasteiger partial charge in [0.25, 0.3) is 0 Å². The van der Waals surface area contributed by atoms with Crippen LogP contribution in [0.25, 0.3) is 0 Å². The lowest BCUT2D eigenvalue weighted by Gasteiger charge is -2.40. The number of hydrogen-bond acceptors (Lipinski definition) is 4. The summed E-state index contributed by atoms with van der Waals surface area (Å²) in [5.74, 6) is 0.385. The number of amides is 2. The molecule has 1 saturated heterocycles. The number of nitrogens with zero attached hydrogens (tertiary/aromatic N) is 2. The Kier molecular flexibility index (Phi) is 6.83. The number of carbonyl (C=O) groups excluding carboxylic acids is 2. The van der Waals surface area contributed by atoms with Gasteiger partial charge >= 0.3 is 0 Å². The normalized spacial score (nSPS) is 27.2. The van der Waals surface area contributed by atoms with Crippen LogP contribution in [-0.4, -0.2) is 47.4 Å². The molecule has 0 radical (unpaired) electrons. The summed E-state index contributed by atoms with van der Waals surface area (Å²) in [6, 6.07) is 2.23. The molecular weight excluding hydrogens is 316 g/mol. The van der Waals surface area contributed by atoms with Crippen LogP contribution in [0.4, 0.5) is 0 Å². The first-order valence-electron chi connectivity index (χ1n) is 9.65. The molecule has 140 valence electrons. The summed E-state index contributed by atoms with van der Waals surface area (Å²) in [5, 5.41) is 16.0. The molecule has 2 rings (SSSR count). The molecule has 6 nitrogen and oxygen atoms in total. The molecule has 2 N–H and O–H groups in total. The number of nitrogens with one attached hydrogen (secondary N) is 2. The van der Waals surface area contributed by atoms with E-state index in [1.54, 1.807) is 6.92 Å². The zero-order valence-corrected chi connectivity index (χ0v) is 15.8. The Morgan fingerprint density at radius 3 is 2.56 bits per heavy atom. The molecule has 1 aliphatic carbocycles. The van der Waals surface area contributed by atoms with E-state index < -0.39 is 5.54 Å². The summed E-state index contributed by atoms with van der Waals surface area (Å²) >= 11 is 0. The van der Waals surface area contributed by atoms with E-state index >= 15 is 0 Å². The number of nitriles is 1. The topological polar surface area (TPSA) is 85.2 Å². The van der Waals surface area contributed by atoms with Gasteiger partial charge in [-0.15, -0.1) is 0 Å². The zero-order valence-electron chi connectivity index (χ0n) is 15.8. The molecule has 1 heterocycles. The van der Waals surface area contributed by atoms with Gasteiger partial charge in [-0.3, -0.25) is 9.59 Å². The number of rotatable bonds is 5. The summed E-state index contributed by atoms with van der Waals surface area (Å²) in [6.45, 7) is 7.09. The molecule has 1 aliphatic heterocycles. The predicted molar refractivity (Wildman–Crippen MR) is 96.6 cm³/mol. The fourth-order valence-electron chi connectivity index (χ4n) is 4.11. The van der Waals surface area contributed by atoms with E-state index in [2.05, 4.69) is 23.6 Å². The fourth-order valence-corrected chi connectivity index (χ4v) is 4.11. The van der Waals surface area contributed by atoms with E-state index in [1.165, 1.54) is 0 Å². The third-order valence-corrected chi connectivity index (χ3v) is 5.84. The Hall–Kier alpha value is -1.61. The molecule has 25 heavy (non-hydrogen) atoms.